The number of nitrogens with one attached hydrogen (secondary N) is 1. The van der Waals surface area contributed by atoms with Crippen molar-refractivity contribution in [1.82, 2.24) is 5.32 Å². The number of rotatable bonds is 9. The third kappa shape index (κ3) is 6.25. The van der Waals surface area contributed by atoms with E-state index < -0.39 is 36.7 Å². The van der Waals surface area contributed by atoms with Gasteiger partial charge in [-0.3, -0.25) is 4.79 Å². The van der Waals surface area contributed by atoms with E-state index in [0.717, 1.165) is 7.11 Å². The second kappa shape index (κ2) is 9.87. The number of ether oxygens (including phenoxy) is 3. The smallest absolute Gasteiger partial charge is 0.387 e. The first-order valence-corrected chi connectivity index (χ1v) is 7.15. The fourth-order valence-corrected chi connectivity index (χ4v) is 1.95. The molecule has 8 nitrogen and oxygen atoms in total. The zero-order chi connectivity index (χ0) is 19.0. The molecular formula is C15H20F2N2O6. The van der Waals surface area contributed by atoms with Crippen molar-refractivity contribution in [3.63, 3.8) is 0 Å². The summed E-state index contributed by atoms with van der Waals surface area (Å²) in [7, 11) is 2.44. The van der Waals surface area contributed by atoms with Crippen molar-refractivity contribution in [1.29, 1.82) is 0 Å². The molecule has 25 heavy (non-hydrogen) atoms. The van der Waals surface area contributed by atoms with Crippen LogP contribution in [0.5, 0.6) is 5.75 Å². The first kappa shape index (κ1) is 20.7. The summed E-state index contributed by atoms with van der Waals surface area (Å²) in [5.74, 6) is -1.75. The number of amides is 1. The lowest BCUT2D eigenvalue weighted by Crippen LogP contribution is -2.52. The number of aliphatic hydroxyl groups is 1. The molecule has 0 saturated carbocycles. The average molecular weight is 362 g/mol. The Balaban J connectivity index is 2.91. The van der Waals surface area contributed by atoms with Gasteiger partial charge in [0, 0.05) is 7.11 Å². The number of hydrogen-bond acceptors (Lipinski definition) is 7. The minimum Gasteiger partial charge on any atom is -0.467 e. The van der Waals surface area contributed by atoms with Crippen molar-refractivity contribution in [2.45, 2.75) is 24.8 Å². The van der Waals surface area contributed by atoms with Gasteiger partial charge in [0.2, 0.25) is 5.91 Å². The number of esters is 1. The summed E-state index contributed by atoms with van der Waals surface area (Å²) in [4.78, 5) is 23.8. The van der Waals surface area contributed by atoms with Crippen molar-refractivity contribution in [3.8, 4) is 5.75 Å². The second-order valence-corrected chi connectivity index (χ2v) is 4.96. The van der Waals surface area contributed by atoms with Crippen LogP contribution in [0.3, 0.4) is 0 Å². The number of nitrogens with two attached hydrogens (primary N) is 1. The maximum atomic E-state index is 12.1. The summed E-state index contributed by atoms with van der Waals surface area (Å²) in [6.07, 6.45) is -1.49. The molecule has 4 N–H and O–H groups in total. The number of hydrogen-bond donors (Lipinski definition) is 3. The van der Waals surface area contributed by atoms with Crippen LogP contribution in [0.4, 0.5) is 8.78 Å². The van der Waals surface area contributed by atoms with Crippen LogP contribution in [-0.2, 0) is 19.1 Å². The van der Waals surface area contributed by atoms with Gasteiger partial charge in [0.25, 0.3) is 0 Å². The number of carbonyl (C=O) groups is 2. The van der Waals surface area contributed by atoms with Crippen molar-refractivity contribution < 1.29 is 37.7 Å². The maximum absolute atomic E-state index is 12.1. The van der Waals surface area contributed by atoms with Crippen LogP contribution in [0.15, 0.2) is 24.3 Å². The summed E-state index contributed by atoms with van der Waals surface area (Å²) in [6.45, 7) is -3.07. The zero-order valence-corrected chi connectivity index (χ0v) is 13.6. The third-order valence-electron chi connectivity index (χ3n) is 3.20. The molecule has 0 aliphatic carbocycles. The van der Waals surface area contributed by atoms with Gasteiger partial charge in [-0.2, -0.15) is 8.78 Å². The summed E-state index contributed by atoms with van der Waals surface area (Å²) < 4.78 is 37.8. The van der Waals surface area contributed by atoms with Gasteiger partial charge in [-0.25, -0.2) is 4.79 Å². The minimum atomic E-state index is -2.99. The summed E-state index contributed by atoms with van der Waals surface area (Å²) >= 11 is 0. The molecule has 0 saturated heterocycles. The highest BCUT2D eigenvalue weighted by Crippen LogP contribution is 2.22. The van der Waals surface area contributed by atoms with Crippen LogP contribution in [0, 0.1) is 0 Å². The van der Waals surface area contributed by atoms with Crippen LogP contribution in [0.1, 0.15) is 11.7 Å². The molecule has 140 valence electrons. The Hall–Kier alpha value is -2.30. The van der Waals surface area contributed by atoms with E-state index in [1.165, 1.54) is 31.4 Å². The molecule has 1 aromatic carbocycles. The molecule has 0 bridgehead atoms. The van der Waals surface area contributed by atoms with E-state index in [4.69, 9.17) is 10.5 Å². The lowest BCUT2D eigenvalue weighted by molar-refractivity contribution is -0.148. The van der Waals surface area contributed by atoms with Crippen LogP contribution < -0.4 is 15.8 Å². The average Bonchev–Trinajstić information content (AvgIpc) is 2.58. The van der Waals surface area contributed by atoms with E-state index in [-0.39, 0.29) is 17.9 Å². The predicted octanol–water partition coefficient (Wildman–Crippen LogP) is -0.0471. The van der Waals surface area contributed by atoms with E-state index >= 15 is 0 Å². The van der Waals surface area contributed by atoms with Crippen molar-refractivity contribution in [2.24, 2.45) is 5.73 Å². The van der Waals surface area contributed by atoms with Crippen LogP contribution in [0.25, 0.3) is 0 Å². The number of aliphatic hydroxyl groups excluding tert-OH is 1. The fraction of sp³-hybridized carbons (Fsp3) is 0.467. The number of halogens is 2. The molecule has 0 heterocycles. The molecule has 1 aromatic rings. The Morgan fingerprint density at radius 2 is 1.84 bits per heavy atom. The topological polar surface area (TPSA) is 120 Å². The SMILES string of the molecule is COC[C@H](N)C(=O)N[C@H](C(=O)OC)[C@H](O)c1ccc(OC(F)F)cc1. The lowest BCUT2D eigenvalue weighted by Gasteiger charge is -2.23. The number of benzene rings is 1. The van der Waals surface area contributed by atoms with Gasteiger partial charge >= 0.3 is 12.6 Å². The summed E-state index contributed by atoms with van der Waals surface area (Å²) in [5, 5.41) is 12.6. The molecular weight excluding hydrogens is 342 g/mol. The molecule has 0 spiro atoms. The van der Waals surface area contributed by atoms with Gasteiger partial charge in [-0.1, -0.05) is 12.1 Å². The third-order valence-corrected chi connectivity index (χ3v) is 3.20. The monoisotopic (exact) mass is 362 g/mol. The molecule has 10 heteroatoms. The van der Waals surface area contributed by atoms with Gasteiger partial charge in [0.05, 0.1) is 13.7 Å². The first-order chi connectivity index (χ1) is 11.8. The Bertz CT molecular complexity index is 570. The molecule has 0 radical (unpaired) electrons. The standard InChI is InChI=1S/C15H20F2N2O6/c1-23-7-10(18)13(21)19-11(14(22)24-2)12(20)8-3-5-9(6-4-8)25-15(16)17/h3-6,10-12,15,20H,7,18H2,1-2H3,(H,19,21)/t10-,11-,12+/m0/s1. The van der Waals surface area contributed by atoms with Gasteiger partial charge in [0.15, 0.2) is 6.04 Å². The van der Waals surface area contributed by atoms with Crippen molar-refractivity contribution >= 4 is 11.9 Å². The highest BCUT2D eigenvalue weighted by atomic mass is 19.3. The van der Waals surface area contributed by atoms with Gasteiger partial charge in [0.1, 0.15) is 17.9 Å². The highest BCUT2D eigenvalue weighted by molar-refractivity contribution is 5.88. The quantitative estimate of drug-likeness (QED) is 0.527. The summed E-state index contributed by atoms with van der Waals surface area (Å²) in [5.41, 5.74) is 5.74. The van der Waals surface area contributed by atoms with Crippen molar-refractivity contribution in [2.75, 3.05) is 20.8 Å². The molecule has 0 fully saturated rings. The Morgan fingerprint density at radius 1 is 1.24 bits per heavy atom. The van der Waals surface area contributed by atoms with E-state index in [9.17, 15) is 23.5 Å². The van der Waals surface area contributed by atoms with E-state index in [2.05, 4.69) is 14.8 Å². The Labute approximate surface area is 142 Å². The lowest BCUT2D eigenvalue weighted by atomic mass is 10.0. The van der Waals surface area contributed by atoms with Gasteiger partial charge in [-0.15, -0.1) is 0 Å². The zero-order valence-electron chi connectivity index (χ0n) is 13.6. The van der Waals surface area contributed by atoms with E-state index in [1.807, 2.05) is 0 Å². The number of carbonyl (C=O) groups excluding carboxylic acids is 2. The normalized spacial score (nSPS) is 14.5. The fourth-order valence-electron chi connectivity index (χ4n) is 1.95. The van der Waals surface area contributed by atoms with Crippen LogP contribution in [0.2, 0.25) is 0 Å². The first-order valence-electron chi connectivity index (χ1n) is 7.15. The molecule has 0 aliphatic heterocycles. The van der Waals surface area contributed by atoms with Crippen LogP contribution in [-0.4, -0.2) is 56.5 Å². The highest BCUT2D eigenvalue weighted by Gasteiger charge is 2.32. The predicted molar refractivity (Wildman–Crippen MR) is 81.8 cm³/mol. The molecule has 3 atom stereocenters. The van der Waals surface area contributed by atoms with Gasteiger partial charge in [-0.05, 0) is 17.7 Å². The molecule has 0 aromatic heterocycles. The van der Waals surface area contributed by atoms with Crippen LogP contribution >= 0.6 is 0 Å². The molecule has 1 amide bonds. The largest absolute Gasteiger partial charge is 0.467 e. The summed E-state index contributed by atoms with van der Waals surface area (Å²) in [6, 6.07) is 2.45. The maximum Gasteiger partial charge on any atom is 0.387 e. The van der Waals surface area contributed by atoms with Crippen molar-refractivity contribution in [3.05, 3.63) is 29.8 Å². The Kier molecular flexibility index (Phi) is 8.19. The molecule has 1 rings (SSSR count). The second-order valence-electron chi connectivity index (χ2n) is 4.96. The van der Waals surface area contributed by atoms with Gasteiger partial charge < -0.3 is 30.4 Å². The molecule has 0 unspecified atom stereocenters. The van der Waals surface area contributed by atoms with E-state index in [0.29, 0.717) is 0 Å². The molecule has 0 aliphatic rings. The van der Waals surface area contributed by atoms with E-state index in [1.54, 1.807) is 0 Å². The minimum absolute atomic E-state index is 0.0878. The Morgan fingerprint density at radius 3 is 2.32 bits per heavy atom. The number of methoxy groups -OCH3 is 2. The number of alkyl halides is 2.